The number of nitrogens with one attached hydrogen (secondary N) is 1. The van der Waals surface area contributed by atoms with Crippen molar-refractivity contribution in [1.82, 2.24) is 5.32 Å². The lowest BCUT2D eigenvalue weighted by atomic mass is 10.2. The topological polar surface area (TPSA) is 42.2 Å². The Morgan fingerprint density at radius 1 is 1.64 bits per heavy atom. The summed E-state index contributed by atoms with van der Waals surface area (Å²) >= 11 is 0. The van der Waals surface area contributed by atoms with Crippen molar-refractivity contribution in [1.29, 1.82) is 0 Å². The minimum atomic E-state index is -0.103. The summed E-state index contributed by atoms with van der Waals surface area (Å²) in [7, 11) is 0. The lowest BCUT2D eigenvalue weighted by Gasteiger charge is -2.00. The van der Waals surface area contributed by atoms with Gasteiger partial charge in [-0.1, -0.05) is 0 Å². The van der Waals surface area contributed by atoms with E-state index in [9.17, 15) is 4.79 Å². The van der Waals surface area contributed by atoms with Crippen LogP contribution in [0.3, 0.4) is 0 Å². The van der Waals surface area contributed by atoms with Gasteiger partial charge in [0.15, 0.2) is 0 Å². The summed E-state index contributed by atoms with van der Waals surface area (Å²) in [4.78, 5) is 11.5. The van der Waals surface area contributed by atoms with E-state index in [0.717, 1.165) is 0 Å². The Morgan fingerprint density at radius 3 is 3.00 bits per heavy atom. The van der Waals surface area contributed by atoms with Crippen molar-refractivity contribution >= 4 is 5.91 Å². The van der Waals surface area contributed by atoms with Gasteiger partial charge in [-0.3, -0.25) is 4.79 Å². The van der Waals surface area contributed by atoms with E-state index in [1.165, 1.54) is 6.26 Å². The second kappa shape index (κ2) is 5.13. The van der Waals surface area contributed by atoms with Crippen LogP contribution >= 0.6 is 0 Å². The standard InChI is InChI=1S/C11H13NO2/c1-3-4-5-7-12-11(13)10-6-8-14-9(10)2/h6,8H,5,7H2,1-2H3,(H,12,13). The van der Waals surface area contributed by atoms with E-state index in [0.29, 0.717) is 24.3 Å². The monoisotopic (exact) mass is 191 g/mol. The van der Waals surface area contributed by atoms with Crippen molar-refractivity contribution in [2.45, 2.75) is 20.3 Å². The Kier molecular flexibility index (Phi) is 3.81. The first-order valence-corrected chi connectivity index (χ1v) is 4.47. The molecule has 0 aromatic carbocycles. The number of carbonyl (C=O) groups is 1. The zero-order valence-electron chi connectivity index (χ0n) is 8.39. The molecule has 0 bridgehead atoms. The molecule has 0 atom stereocenters. The van der Waals surface area contributed by atoms with Crippen molar-refractivity contribution in [3.63, 3.8) is 0 Å². The fourth-order valence-electron chi connectivity index (χ4n) is 1.08. The van der Waals surface area contributed by atoms with Gasteiger partial charge in [-0.15, -0.1) is 11.8 Å². The highest BCUT2D eigenvalue weighted by molar-refractivity contribution is 5.94. The predicted molar refractivity (Wildman–Crippen MR) is 53.8 cm³/mol. The number of carbonyl (C=O) groups excluding carboxylic acids is 1. The van der Waals surface area contributed by atoms with Gasteiger partial charge in [-0.2, -0.15) is 0 Å². The zero-order valence-corrected chi connectivity index (χ0v) is 8.39. The minimum Gasteiger partial charge on any atom is -0.469 e. The first-order valence-electron chi connectivity index (χ1n) is 4.47. The summed E-state index contributed by atoms with van der Waals surface area (Å²) in [5.74, 6) is 6.18. The van der Waals surface area contributed by atoms with Gasteiger partial charge in [0.05, 0.1) is 11.8 Å². The van der Waals surface area contributed by atoms with E-state index in [4.69, 9.17) is 4.42 Å². The maximum absolute atomic E-state index is 11.5. The molecule has 3 heteroatoms. The largest absolute Gasteiger partial charge is 0.469 e. The van der Waals surface area contributed by atoms with Gasteiger partial charge in [-0.25, -0.2) is 0 Å². The summed E-state index contributed by atoms with van der Waals surface area (Å²) in [5.41, 5.74) is 0.592. The fraction of sp³-hybridized carbons (Fsp3) is 0.364. The number of aryl methyl sites for hydroxylation is 1. The molecule has 0 saturated carbocycles. The Hall–Kier alpha value is -1.69. The van der Waals surface area contributed by atoms with Crippen LogP contribution in [0.5, 0.6) is 0 Å². The van der Waals surface area contributed by atoms with Gasteiger partial charge in [-0.05, 0) is 19.9 Å². The highest BCUT2D eigenvalue weighted by atomic mass is 16.3. The van der Waals surface area contributed by atoms with Crippen LogP contribution in [0, 0.1) is 18.8 Å². The Labute approximate surface area is 83.5 Å². The molecular formula is C11H13NO2. The number of furan rings is 1. The molecule has 1 heterocycles. The molecule has 0 unspecified atom stereocenters. The number of amides is 1. The molecule has 0 radical (unpaired) electrons. The van der Waals surface area contributed by atoms with Gasteiger partial charge >= 0.3 is 0 Å². The van der Waals surface area contributed by atoms with Crippen LogP contribution in [-0.2, 0) is 0 Å². The fourth-order valence-corrected chi connectivity index (χ4v) is 1.08. The van der Waals surface area contributed by atoms with E-state index in [2.05, 4.69) is 17.2 Å². The normalized spacial score (nSPS) is 9.00. The molecule has 1 amide bonds. The summed E-state index contributed by atoms with van der Waals surface area (Å²) in [6.45, 7) is 4.12. The molecule has 0 spiro atoms. The van der Waals surface area contributed by atoms with Crippen LogP contribution in [0.15, 0.2) is 16.7 Å². The maximum Gasteiger partial charge on any atom is 0.254 e. The van der Waals surface area contributed by atoms with E-state index in [-0.39, 0.29) is 5.91 Å². The van der Waals surface area contributed by atoms with Crippen molar-refractivity contribution in [2.24, 2.45) is 0 Å². The predicted octanol–water partition coefficient (Wildman–Crippen LogP) is 1.73. The lowest BCUT2D eigenvalue weighted by molar-refractivity contribution is 0.0953. The molecule has 0 fully saturated rings. The third kappa shape index (κ3) is 2.67. The zero-order chi connectivity index (χ0) is 10.4. The smallest absolute Gasteiger partial charge is 0.254 e. The Balaban J connectivity index is 2.42. The van der Waals surface area contributed by atoms with Crippen LogP contribution in [0.1, 0.15) is 29.5 Å². The van der Waals surface area contributed by atoms with Gasteiger partial charge < -0.3 is 9.73 Å². The first-order chi connectivity index (χ1) is 6.75. The summed E-state index contributed by atoms with van der Waals surface area (Å²) in [5, 5.41) is 2.76. The van der Waals surface area contributed by atoms with Crippen LogP contribution in [0.4, 0.5) is 0 Å². The third-order valence-electron chi connectivity index (χ3n) is 1.82. The molecule has 1 N–H and O–H groups in total. The molecular weight excluding hydrogens is 178 g/mol. The van der Waals surface area contributed by atoms with E-state index in [1.54, 1.807) is 19.9 Å². The first kappa shape index (κ1) is 10.4. The number of rotatable bonds is 3. The molecule has 0 aliphatic heterocycles. The van der Waals surface area contributed by atoms with Crippen molar-refractivity contribution in [3.8, 4) is 11.8 Å². The Bertz CT molecular complexity index is 368. The molecule has 0 saturated heterocycles. The second-order valence-corrected chi connectivity index (χ2v) is 2.82. The Morgan fingerprint density at radius 2 is 2.43 bits per heavy atom. The van der Waals surface area contributed by atoms with Gasteiger partial charge in [0, 0.05) is 13.0 Å². The van der Waals surface area contributed by atoms with Crippen molar-refractivity contribution < 1.29 is 9.21 Å². The van der Waals surface area contributed by atoms with Gasteiger partial charge in [0.2, 0.25) is 0 Å². The highest BCUT2D eigenvalue weighted by Gasteiger charge is 2.09. The highest BCUT2D eigenvalue weighted by Crippen LogP contribution is 2.07. The van der Waals surface area contributed by atoms with E-state index < -0.39 is 0 Å². The average Bonchev–Trinajstić information content (AvgIpc) is 2.59. The summed E-state index contributed by atoms with van der Waals surface area (Å²) in [6, 6.07) is 1.66. The molecule has 74 valence electrons. The average molecular weight is 191 g/mol. The van der Waals surface area contributed by atoms with Crippen LogP contribution < -0.4 is 5.32 Å². The van der Waals surface area contributed by atoms with Crippen molar-refractivity contribution in [3.05, 3.63) is 23.7 Å². The summed E-state index contributed by atoms with van der Waals surface area (Å²) < 4.78 is 5.02. The molecule has 3 nitrogen and oxygen atoms in total. The van der Waals surface area contributed by atoms with Crippen LogP contribution in [0.25, 0.3) is 0 Å². The molecule has 1 aromatic heterocycles. The van der Waals surface area contributed by atoms with E-state index in [1.807, 2.05) is 0 Å². The number of hydrogen-bond acceptors (Lipinski definition) is 2. The molecule has 0 aliphatic rings. The summed E-state index contributed by atoms with van der Waals surface area (Å²) in [6.07, 6.45) is 2.19. The van der Waals surface area contributed by atoms with Crippen LogP contribution in [-0.4, -0.2) is 12.5 Å². The maximum atomic E-state index is 11.5. The third-order valence-corrected chi connectivity index (χ3v) is 1.82. The number of hydrogen-bond donors (Lipinski definition) is 1. The molecule has 0 aliphatic carbocycles. The second-order valence-electron chi connectivity index (χ2n) is 2.82. The SMILES string of the molecule is CC#CCCNC(=O)c1ccoc1C. The molecule has 1 aromatic rings. The molecule has 14 heavy (non-hydrogen) atoms. The van der Waals surface area contributed by atoms with Gasteiger partial charge in [0.25, 0.3) is 5.91 Å². The van der Waals surface area contributed by atoms with Crippen molar-refractivity contribution in [2.75, 3.05) is 6.54 Å². The quantitative estimate of drug-likeness (QED) is 0.584. The van der Waals surface area contributed by atoms with Gasteiger partial charge in [0.1, 0.15) is 5.76 Å². The van der Waals surface area contributed by atoms with E-state index >= 15 is 0 Å². The minimum absolute atomic E-state index is 0.103. The lowest BCUT2D eigenvalue weighted by Crippen LogP contribution is -2.24. The van der Waals surface area contributed by atoms with Crippen LogP contribution in [0.2, 0.25) is 0 Å². The molecule has 1 rings (SSSR count).